The molecule has 6 heteroatoms. The predicted octanol–water partition coefficient (Wildman–Crippen LogP) is 3.77. The van der Waals surface area contributed by atoms with E-state index in [1.54, 1.807) is 18.2 Å². The SMILES string of the molecule is Cc1ccc(/C=C/C(=O)OCC(=O)NCc2ccc(F)cc2)c(Br)c1. The van der Waals surface area contributed by atoms with Crippen LogP contribution in [0, 0.1) is 12.7 Å². The van der Waals surface area contributed by atoms with Gasteiger partial charge in [0.15, 0.2) is 6.61 Å². The van der Waals surface area contributed by atoms with Crippen LogP contribution >= 0.6 is 15.9 Å². The second-order valence-electron chi connectivity index (χ2n) is 5.37. The Hall–Kier alpha value is -2.47. The highest BCUT2D eigenvalue weighted by atomic mass is 79.9. The first-order valence-corrected chi connectivity index (χ1v) is 8.35. The Morgan fingerprint density at radius 2 is 1.92 bits per heavy atom. The second kappa shape index (κ2) is 9.13. The van der Waals surface area contributed by atoms with Gasteiger partial charge in [0.25, 0.3) is 5.91 Å². The van der Waals surface area contributed by atoms with Gasteiger partial charge in [-0.25, -0.2) is 9.18 Å². The van der Waals surface area contributed by atoms with E-state index in [1.807, 2.05) is 25.1 Å². The van der Waals surface area contributed by atoms with Crippen molar-refractivity contribution in [2.75, 3.05) is 6.61 Å². The molecule has 130 valence electrons. The molecule has 0 saturated heterocycles. The first kappa shape index (κ1) is 18.9. The molecule has 0 aromatic heterocycles. The number of esters is 1. The van der Waals surface area contributed by atoms with Gasteiger partial charge in [-0.1, -0.05) is 40.2 Å². The number of benzene rings is 2. The summed E-state index contributed by atoms with van der Waals surface area (Å²) in [5.74, 6) is -1.37. The van der Waals surface area contributed by atoms with Crippen molar-refractivity contribution in [2.24, 2.45) is 0 Å². The van der Waals surface area contributed by atoms with E-state index in [2.05, 4.69) is 21.2 Å². The molecular weight excluding hydrogens is 389 g/mol. The molecule has 0 bridgehead atoms. The van der Waals surface area contributed by atoms with Crippen LogP contribution in [0.2, 0.25) is 0 Å². The standard InChI is InChI=1S/C19H17BrFNO3/c1-13-2-5-15(17(20)10-13)6-9-19(24)25-12-18(23)22-11-14-3-7-16(21)8-4-14/h2-10H,11-12H2,1H3,(H,22,23)/b9-6+. The zero-order valence-corrected chi connectivity index (χ0v) is 15.2. The summed E-state index contributed by atoms with van der Waals surface area (Å²) in [5, 5.41) is 2.59. The van der Waals surface area contributed by atoms with Crippen molar-refractivity contribution >= 4 is 33.9 Å². The van der Waals surface area contributed by atoms with Crippen LogP contribution in [0.4, 0.5) is 4.39 Å². The Morgan fingerprint density at radius 3 is 2.60 bits per heavy atom. The zero-order valence-electron chi connectivity index (χ0n) is 13.6. The van der Waals surface area contributed by atoms with Crippen molar-refractivity contribution in [3.8, 4) is 0 Å². The van der Waals surface area contributed by atoms with Crippen molar-refractivity contribution in [1.29, 1.82) is 0 Å². The van der Waals surface area contributed by atoms with E-state index >= 15 is 0 Å². The summed E-state index contributed by atoms with van der Waals surface area (Å²) in [5.41, 5.74) is 2.69. The van der Waals surface area contributed by atoms with Crippen LogP contribution in [0.3, 0.4) is 0 Å². The lowest BCUT2D eigenvalue weighted by molar-refractivity contribution is -0.143. The van der Waals surface area contributed by atoms with E-state index in [1.165, 1.54) is 18.2 Å². The molecule has 25 heavy (non-hydrogen) atoms. The summed E-state index contributed by atoms with van der Waals surface area (Å²) in [7, 11) is 0. The fourth-order valence-electron chi connectivity index (χ4n) is 1.96. The number of ether oxygens (including phenoxy) is 1. The lowest BCUT2D eigenvalue weighted by Gasteiger charge is -2.05. The molecule has 0 unspecified atom stereocenters. The van der Waals surface area contributed by atoms with Gasteiger partial charge in [0.2, 0.25) is 0 Å². The van der Waals surface area contributed by atoms with E-state index in [-0.39, 0.29) is 19.0 Å². The van der Waals surface area contributed by atoms with Gasteiger partial charge in [0, 0.05) is 17.1 Å². The molecule has 2 rings (SSSR count). The number of amides is 1. The summed E-state index contributed by atoms with van der Waals surface area (Å²) < 4.78 is 18.5. The highest BCUT2D eigenvalue weighted by molar-refractivity contribution is 9.10. The maximum Gasteiger partial charge on any atom is 0.331 e. The van der Waals surface area contributed by atoms with E-state index < -0.39 is 11.9 Å². The predicted molar refractivity (Wildman–Crippen MR) is 97.1 cm³/mol. The summed E-state index contributed by atoms with van der Waals surface area (Å²) in [6.45, 7) is 1.83. The fourth-order valence-corrected chi connectivity index (χ4v) is 2.59. The molecular formula is C19H17BrFNO3. The molecule has 0 aliphatic rings. The number of aryl methyl sites for hydroxylation is 1. The second-order valence-corrected chi connectivity index (χ2v) is 6.22. The Kier molecular flexibility index (Phi) is 6.89. The van der Waals surface area contributed by atoms with Crippen molar-refractivity contribution < 1.29 is 18.7 Å². The number of halogens is 2. The minimum absolute atomic E-state index is 0.239. The van der Waals surface area contributed by atoms with E-state index in [9.17, 15) is 14.0 Å². The van der Waals surface area contributed by atoms with Gasteiger partial charge in [0.05, 0.1) is 0 Å². The molecule has 1 amide bonds. The van der Waals surface area contributed by atoms with Crippen LogP contribution in [0.25, 0.3) is 6.08 Å². The molecule has 1 N–H and O–H groups in total. The maximum atomic E-state index is 12.8. The molecule has 0 spiro atoms. The number of carbonyl (C=O) groups excluding carboxylic acids is 2. The van der Waals surface area contributed by atoms with Crippen LogP contribution in [0.15, 0.2) is 53.0 Å². The fraction of sp³-hybridized carbons (Fsp3) is 0.158. The van der Waals surface area contributed by atoms with Crippen molar-refractivity contribution in [2.45, 2.75) is 13.5 Å². The summed E-state index contributed by atoms with van der Waals surface area (Å²) in [6.07, 6.45) is 2.88. The topological polar surface area (TPSA) is 55.4 Å². The Morgan fingerprint density at radius 1 is 1.20 bits per heavy atom. The van der Waals surface area contributed by atoms with Gasteiger partial charge < -0.3 is 10.1 Å². The van der Waals surface area contributed by atoms with Crippen LogP contribution in [-0.4, -0.2) is 18.5 Å². The summed E-state index contributed by atoms with van der Waals surface area (Å²) >= 11 is 3.42. The highest BCUT2D eigenvalue weighted by Gasteiger charge is 2.05. The largest absolute Gasteiger partial charge is 0.452 e. The molecule has 0 saturated carbocycles. The van der Waals surface area contributed by atoms with Gasteiger partial charge in [-0.2, -0.15) is 0 Å². The first-order valence-electron chi connectivity index (χ1n) is 7.56. The molecule has 2 aromatic carbocycles. The van der Waals surface area contributed by atoms with Gasteiger partial charge >= 0.3 is 5.97 Å². The van der Waals surface area contributed by atoms with Gasteiger partial charge in [-0.05, 0) is 47.9 Å². The lowest BCUT2D eigenvalue weighted by Crippen LogP contribution is -2.28. The molecule has 0 aliphatic heterocycles. The number of carbonyl (C=O) groups is 2. The van der Waals surface area contributed by atoms with E-state index in [0.717, 1.165) is 21.2 Å². The third-order valence-corrected chi connectivity index (χ3v) is 3.99. The monoisotopic (exact) mass is 405 g/mol. The van der Waals surface area contributed by atoms with Crippen LogP contribution < -0.4 is 5.32 Å². The minimum Gasteiger partial charge on any atom is -0.452 e. The van der Waals surface area contributed by atoms with Gasteiger partial charge in [-0.3, -0.25) is 4.79 Å². The number of hydrogen-bond donors (Lipinski definition) is 1. The smallest absolute Gasteiger partial charge is 0.331 e. The molecule has 0 fully saturated rings. The molecule has 4 nitrogen and oxygen atoms in total. The Labute approximate surface area is 153 Å². The number of hydrogen-bond acceptors (Lipinski definition) is 3. The highest BCUT2D eigenvalue weighted by Crippen LogP contribution is 2.19. The van der Waals surface area contributed by atoms with E-state index in [0.29, 0.717) is 0 Å². The molecule has 0 atom stereocenters. The number of nitrogens with one attached hydrogen (secondary N) is 1. The number of rotatable bonds is 6. The van der Waals surface area contributed by atoms with Crippen LogP contribution in [0.5, 0.6) is 0 Å². The average Bonchev–Trinajstić information content (AvgIpc) is 2.58. The zero-order chi connectivity index (χ0) is 18.2. The lowest BCUT2D eigenvalue weighted by atomic mass is 10.1. The third-order valence-electron chi connectivity index (χ3n) is 3.30. The average molecular weight is 406 g/mol. The van der Waals surface area contributed by atoms with E-state index in [4.69, 9.17) is 4.74 Å². The van der Waals surface area contributed by atoms with Crippen LogP contribution in [0.1, 0.15) is 16.7 Å². The maximum absolute atomic E-state index is 12.8. The quantitative estimate of drug-likeness (QED) is 0.587. The van der Waals surface area contributed by atoms with Crippen LogP contribution in [-0.2, 0) is 20.9 Å². The molecule has 0 radical (unpaired) electrons. The minimum atomic E-state index is -0.607. The normalized spacial score (nSPS) is 10.7. The molecule has 0 heterocycles. The Balaban J connectivity index is 1.76. The van der Waals surface area contributed by atoms with Crippen molar-refractivity contribution in [1.82, 2.24) is 5.32 Å². The van der Waals surface area contributed by atoms with Gasteiger partial charge in [0.1, 0.15) is 5.82 Å². The molecule has 0 aliphatic carbocycles. The summed E-state index contributed by atoms with van der Waals surface area (Å²) in [6, 6.07) is 11.5. The molecule has 2 aromatic rings. The first-order chi connectivity index (χ1) is 11.9. The van der Waals surface area contributed by atoms with Crippen molar-refractivity contribution in [3.05, 3.63) is 75.5 Å². The third kappa shape index (κ3) is 6.51. The summed E-state index contributed by atoms with van der Waals surface area (Å²) in [4.78, 5) is 23.3. The van der Waals surface area contributed by atoms with Crippen molar-refractivity contribution in [3.63, 3.8) is 0 Å². The Bertz CT molecular complexity index is 788. The van der Waals surface area contributed by atoms with Gasteiger partial charge in [-0.15, -0.1) is 0 Å².